The van der Waals surface area contributed by atoms with Gasteiger partial charge >= 0.3 is 0 Å². The van der Waals surface area contributed by atoms with E-state index in [1.165, 1.54) is 0 Å². The monoisotopic (exact) mass is 377 g/mol. The van der Waals surface area contributed by atoms with E-state index in [0.29, 0.717) is 24.5 Å². The van der Waals surface area contributed by atoms with E-state index < -0.39 is 0 Å². The third-order valence-electron chi connectivity index (χ3n) is 4.93. The number of hydrogen-bond donors (Lipinski definition) is 0. The second-order valence-corrected chi connectivity index (χ2v) is 7.41. The summed E-state index contributed by atoms with van der Waals surface area (Å²) in [5.41, 5.74) is 2.73. The van der Waals surface area contributed by atoms with E-state index in [4.69, 9.17) is 4.74 Å². The summed E-state index contributed by atoms with van der Waals surface area (Å²) in [4.78, 5) is 16.8. The van der Waals surface area contributed by atoms with Gasteiger partial charge in [-0.1, -0.05) is 42.1 Å². The molecule has 0 radical (unpaired) electrons. The molecule has 1 saturated heterocycles. The summed E-state index contributed by atoms with van der Waals surface area (Å²) in [6.07, 6.45) is 0.307. The molecule has 2 heterocycles. The van der Waals surface area contributed by atoms with Crippen LogP contribution < -0.4 is 9.64 Å². The molecule has 2 aromatic carbocycles. The SMILES string of the molecule is COc1ccc([C@H]2CC(=O)N3CN(c4ccccc4)CSC3=C2C#N)cc1. The van der Waals surface area contributed by atoms with Crippen LogP contribution in [0.15, 0.2) is 65.2 Å². The Balaban J connectivity index is 1.65. The molecular weight excluding hydrogens is 358 g/mol. The highest BCUT2D eigenvalue weighted by atomic mass is 32.2. The Bertz CT molecular complexity index is 919. The molecule has 0 aliphatic carbocycles. The van der Waals surface area contributed by atoms with Crippen LogP contribution in [0, 0.1) is 11.3 Å². The summed E-state index contributed by atoms with van der Waals surface area (Å²) >= 11 is 1.56. The minimum Gasteiger partial charge on any atom is -0.497 e. The van der Waals surface area contributed by atoms with Crippen LogP contribution in [0.1, 0.15) is 17.9 Å². The molecule has 0 unspecified atom stereocenters. The zero-order valence-corrected chi connectivity index (χ0v) is 15.8. The van der Waals surface area contributed by atoms with Crippen LogP contribution in [0.2, 0.25) is 0 Å². The molecule has 136 valence electrons. The van der Waals surface area contributed by atoms with Crippen molar-refractivity contribution in [1.82, 2.24) is 4.90 Å². The fourth-order valence-electron chi connectivity index (χ4n) is 3.49. The van der Waals surface area contributed by atoms with Gasteiger partial charge in [-0.25, -0.2) is 0 Å². The highest BCUT2D eigenvalue weighted by molar-refractivity contribution is 8.03. The lowest BCUT2D eigenvalue weighted by Gasteiger charge is -2.42. The van der Waals surface area contributed by atoms with Crippen LogP contribution in [0.3, 0.4) is 0 Å². The molecular formula is C21H19N3O2S. The van der Waals surface area contributed by atoms with E-state index in [1.807, 2.05) is 54.6 Å². The molecule has 0 bridgehead atoms. The smallest absolute Gasteiger partial charge is 0.229 e. The van der Waals surface area contributed by atoms with Crippen molar-refractivity contribution in [2.75, 3.05) is 24.6 Å². The molecule has 0 aromatic heterocycles. The summed E-state index contributed by atoms with van der Waals surface area (Å²) < 4.78 is 5.21. The molecule has 4 rings (SSSR count). The summed E-state index contributed by atoms with van der Waals surface area (Å²) in [6.45, 7) is 0.478. The normalized spacial score (nSPS) is 19.6. The molecule has 0 N–H and O–H groups in total. The van der Waals surface area contributed by atoms with Gasteiger partial charge in [0.05, 0.1) is 36.3 Å². The fourth-order valence-corrected chi connectivity index (χ4v) is 4.65. The third-order valence-corrected chi connectivity index (χ3v) is 6.09. The van der Waals surface area contributed by atoms with Crippen LogP contribution in [0.5, 0.6) is 5.75 Å². The molecule has 27 heavy (non-hydrogen) atoms. The van der Waals surface area contributed by atoms with Crippen molar-refractivity contribution < 1.29 is 9.53 Å². The van der Waals surface area contributed by atoms with E-state index in [9.17, 15) is 10.1 Å². The maximum Gasteiger partial charge on any atom is 0.229 e. The van der Waals surface area contributed by atoms with Gasteiger partial charge in [0.2, 0.25) is 5.91 Å². The van der Waals surface area contributed by atoms with Gasteiger partial charge in [-0.05, 0) is 29.8 Å². The van der Waals surface area contributed by atoms with Crippen molar-refractivity contribution in [2.24, 2.45) is 0 Å². The number of fused-ring (bicyclic) bond motifs is 1. The van der Waals surface area contributed by atoms with E-state index in [1.54, 1.807) is 23.8 Å². The lowest BCUT2D eigenvalue weighted by atomic mass is 9.86. The zero-order valence-electron chi connectivity index (χ0n) is 15.0. The average molecular weight is 377 g/mol. The van der Waals surface area contributed by atoms with Crippen LogP contribution in [0.25, 0.3) is 0 Å². The van der Waals surface area contributed by atoms with Crippen molar-refractivity contribution in [1.29, 1.82) is 5.26 Å². The van der Waals surface area contributed by atoms with E-state index >= 15 is 0 Å². The molecule has 1 amide bonds. The Labute approximate surface area is 162 Å². The van der Waals surface area contributed by atoms with Crippen molar-refractivity contribution in [3.63, 3.8) is 0 Å². The first-order valence-electron chi connectivity index (χ1n) is 8.72. The largest absolute Gasteiger partial charge is 0.497 e. The Morgan fingerprint density at radius 2 is 1.89 bits per heavy atom. The topological polar surface area (TPSA) is 56.6 Å². The van der Waals surface area contributed by atoms with Crippen molar-refractivity contribution in [3.05, 3.63) is 70.8 Å². The van der Waals surface area contributed by atoms with Crippen molar-refractivity contribution in [2.45, 2.75) is 12.3 Å². The fraction of sp³-hybridized carbons (Fsp3) is 0.238. The number of rotatable bonds is 3. The number of nitrogens with zero attached hydrogens (tertiary/aromatic N) is 3. The first kappa shape index (κ1) is 17.5. The minimum atomic E-state index is -0.199. The predicted octanol–water partition coefficient (Wildman–Crippen LogP) is 3.91. The van der Waals surface area contributed by atoms with Gasteiger partial charge in [-0.2, -0.15) is 5.26 Å². The molecule has 0 spiro atoms. The summed E-state index contributed by atoms with van der Waals surface area (Å²) in [7, 11) is 1.62. The molecule has 1 fully saturated rings. The van der Waals surface area contributed by atoms with Gasteiger partial charge in [0, 0.05) is 18.0 Å². The first-order valence-corrected chi connectivity index (χ1v) is 9.71. The van der Waals surface area contributed by atoms with E-state index in [0.717, 1.165) is 22.0 Å². The van der Waals surface area contributed by atoms with Crippen LogP contribution in [0.4, 0.5) is 5.69 Å². The van der Waals surface area contributed by atoms with E-state index in [2.05, 4.69) is 11.0 Å². The van der Waals surface area contributed by atoms with Crippen LogP contribution in [-0.2, 0) is 4.79 Å². The molecule has 2 aliphatic rings. The van der Waals surface area contributed by atoms with Crippen molar-refractivity contribution >= 4 is 23.4 Å². The van der Waals surface area contributed by atoms with Crippen molar-refractivity contribution in [3.8, 4) is 11.8 Å². The molecule has 1 atom stereocenters. The maximum absolute atomic E-state index is 12.9. The molecule has 2 aromatic rings. The van der Waals surface area contributed by atoms with Gasteiger partial charge in [0.25, 0.3) is 0 Å². The number of hydrogen-bond acceptors (Lipinski definition) is 5. The highest BCUT2D eigenvalue weighted by Gasteiger charge is 2.38. The molecule has 5 nitrogen and oxygen atoms in total. The number of benzene rings is 2. The zero-order chi connectivity index (χ0) is 18.8. The van der Waals surface area contributed by atoms with Gasteiger partial charge in [-0.3, -0.25) is 9.69 Å². The average Bonchev–Trinajstić information content (AvgIpc) is 2.74. The molecule has 6 heteroatoms. The maximum atomic E-state index is 12.9. The van der Waals surface area contributed by atoms with E-state index in [-0.39, 0.29) is 11.8 Å². The predicted molar refractivity (Wildman–Crippen MR) is 106 cm³/mol. The second kappa shape index (κ2) is 7.37. The van der Waals surface area contributed by atoms with Crippen LogP contribution in [-0.4, -0.2) is 30.5 Å². The Kier molecular flexibility index (Phi) is 4.78. The Morgan fingerprint density at radius 1 is 1.15 bits per heavy atom. The van der Waals surface area contributed by atoms with Gasteiger partial charge < -0.3 is 9.64 Å². The molecule has 2 aliphatic heterocycles. The number of carbonyl (C=O) groups is 1. The molecule has 0 saturated carbocycles. The number of thioether (sulfide) groups is 1. The number of nitriles is 1. The first-order chi connectivity index (χ1) is 13.2. The Morgan fingerprint density at radius 3 is 2.56 bits per heavy atom. The second-order valence-electron chi connectivity index (χ2n) is 6.47. The number of carbonyl (C=O) groups excluding carboxylic acids is 1. The van der Waals surface area contributed by atoms with Crippen LogP contribution >= 0.6 is 11.8 Å². The lowest BCUT2D eigenvalue weighted by Crippen LogP contribution is -2.47. The van der Waals surface area contributed by atoms with Gasteiger partial charge in [0.15, 0.2) is 0 Å². The summed E-state index contributed by atoms with van der Waals surface area (Å²) in [5.74, 6) is 1.33. The number of ether oxygens (including phenoxy) is 1. The number of para-hydroxylation sites is 1. The number of allylic oxidation sites excluding steroid dienone is 1. The minimum absolute atomic E-state index is 0.0537. The Hall–Kier alpha value is -2.91. The quantitative estimate of drug-likeness (QED) is 0.812. The summed E-state index contributed by atoms with van der Waals surface area (Å²) in [6, 6.07) is 20.0. The lowest BCUT2D eigenvalue weighted by molar-refractivity contribution is -0.129. The summed E-state index contributed by atoms with van der Waals surface area (Å²) in [5, 5.41) is 10.6. The standard InChI is InChI=1S/C21H19N3O2S/c1-26-17-9-7-15(8-10-17)18-11-20(25)24-13-23(16-5-3-2-4-6-16)14-27-21(24)19(18)12-22/h2-10,18H,11,13-14H2,1H3/t18-/m1/s1. The van der Waals surface area contributed by atoms with Gasteiger partial charge in [-0.15, -0.1) is 0 Å². The number of methoxy groups -OCH3 is 1. The third kappa shape index (κ3) is 3.26. The number of anilines is 1. The highest BCUT2D eigenvalue weighted by Crippen LogP contribution is 2.43. The number of amides is 1. The van der Waals surface area contributed by atoms with Gasteiger partial charge in [0.1, 0.15) is 5.75 Å².